The van der Waals surface area contributed by atoms with Gasteiger partial charge in [-0.05, 0) is 68.5 Å². The van der Waals surface area contributed by atoms with Crippen LogP contribution >= 0.6 is 0 Å². The minimum Gasteiger partial charge on any atom is -0.508 e. The maximum atomic E-state index is 14.3. The number of phenols is 1. The third-order valence-corrected chi connectivity index (χ3v) is 11.4. The number of carbonyl (C=O) groups excluding carboxylic acids is 9. The number of phenolic OH excluding ortho intramolecular Hbond substituents is 1. The van der Waals surface area contributed by atoms with Crippen molar-refractivity contribution < 1.29 is 68.1 Å². The maximum absolute atomic E-state index is 14.3. The lowest BCUT2D eigenvalue weighted by molar-refractivity contribution is -0.142. The number of benzene rings is 3. The summed E-state index contributed by atoms with van der Waals surface area (Å²) >= 11 is 0. The van der Waals surface area contributed by atoms with Crippen LogP contribution in [0.5, 0.6) is 5.75 Å². The predicted octanol–water partition coefficient (Wildman–Crippen LogP) is -2.38. The Labute approximate surface area is 423 Å². The molecule has 8 atom stereocenters. The van der Waals surface area contributed by atoms with Gasteiger partial charge in [-0.1, -0.05) is 60.7 Å². The Hall–Kier alpha value is -8.87. The van der Waals surface area contributed by atoms with Crippen LogP contribution < -0.4 is 54.0 Å². The molecule has 74 heavy (non-hydrogen) atoms. The first-order valence-electron chi connectivity index (χ1n) is 23.3. The Morgan fingerprint density at radius 2 is 1.01 bits per heavy atom. The van der Waals surface area contributed by atoms with Gasteiger partial charge in [0.15, 0.2) is 0 Å². The number of aromatic amines is 1. The van der Waals surface area contributed by atoms with E-state index in [-0.39, 0.29) is 25.0 Å². The van der Waals surface area contributed by atoms with Gasteiger partial charge in [0.2, 0.25) is 53.2 Å². The molecule has 0 fully saturated rings. The van der Waals surface area contributed by atoms with E-state index >= 15 is 0 Å². The van der Waals surface area contributed by atoms with Gasteiger partial charge in [-0.15, -0.1) is 0 Å². The fourth-order valence-electron chi connectivity index (χ4n) is 7.30. The second kappa shape index (κ2) is 27.7. The molecule has 9 amide bonds. The molecule has 4 aromatic rings. The van der Waals surface area contributed by atoms with Crippen molar-refractivity contribution in [2.24, 2.45) is 11.5 Å². The number of H-pyrrole nitrogens is 1. The van der Waals surface area contributed by atoms with Crippen LogP contribution in [-0.2, 0) is 72.0 Å². The molecule has 0 aliphatic carbocycles. The van der Waals surface area contributed by atoms with Crippen molar-refractivity contribution >= 4 is 76.0 Å². The van der Waals surface area contributed by atoms with Crippen LogP contribution in [0.25, 0.3) is 10.9 Å². The van der Waals surface area contributed by atoms with Crippen LogP contribution in [-0.4, -0.2) is 140 Å². The molecule has 0 saturated carbocycles. The first kappa shape index (κ1) is 57.7. The molecule has 0 aliphatic rings. The summed E-state index contributed by atoms with van der Waals surface area (Å²) in [7, 11) is 0. The zero-order valence-corrected chi connectivity index (χ0v) is 40.6. The second-order valence-corrected chi connectivity index (χ2v) is 17.4. The third-order valence-electron chi connectivity index (χ3n) is 11.4. The van der Waals surface area contributed by atoms with E-state index in [1.165, 1.54) is 32.9 Å². The number of aliphatic carboxylic acids is 2. The molecule has 3 aromatic carbocycles. The van der Waals surface area contributed by atoms with Crippen LogP contribution in [0.4, 0.5) is 0 Å². The third kappa shape index (κ3) is 18.4. The monoisotopic (exact) mass is 1030 g/mol. The van der Waals surface area contributed by atoms with Crippen molar-refractivity contribution in [2.75, 3.05) is 6.54 Å². The Morgan fingerprint density at radius 3 is 1.59 bits per heavy atom. The highest BCUT2D eigenvalue weighted by atomic mass is 16.4. The highest BCUT2D eigenvalue weighted by Crippen LogP contribution is 2.20. The molecule has 16 N–H and O–H groups in total. The molecule has 1 aromatic heterocycles. The van der Waals surface area contributed by atoms with Crippen LogP contribution in [0.1, 0.15) is 56.7 Å². The number of primary amides is 1. The van der Waals surface area contributed by atoms with Crippen molar-refractivity contribution in [1.29, 1.82) is 0 Å². The Bertz CT molecular complexity index is 2680. The first-order chi connectivity index (χ1) is 35.0. The fraction of sp³-hybridized carbons (Fsp3) is 0.367. The maximum Gasteiger partial charge on any atom is 0.322 e. The summed E-state index contributed by atoms with van der Waals surface area (Å²) in [5.74, 6) is -11.2. The number of nitrogens with one attached hydrogen (secondary N) is 9. The van der Waals surface area contributed by atoms with Crippen LogP contribution in [0.2, 0.25) is 0 Å². The van der Waals surface area contributed by atoms with Gasteiger partial charge in [-0.2, -0.15) is 0 Å². The molecule has 25 nitrogen and oxygen atoms in total. The number of rotatable bonds is 28. The van der Waals surface area contributed by atoms with Gasteiger partial charge >= 0.3 is 11.9 Å². The molecular formula is C49H61N11O14. The van der Waals surface area contributed by atoms with E-state index in [1.807, 2.05) is 0 Å². The first-order valence-corrected chi connectivity index (χ1v) is 23.3. The van der Waals surface area contributed by atoms with E-state index < -0.39 is 139 Å². The molecule has 1 heterocycles. The summed E-state index contributed by atoms with van der Waals surface area (Å²) in [6.07, 6.45) is -0.696. The fourth-order valence-corrected chi connectivity index (χ4v) is 7.30. The van der Waals surface area contributed by atoms with Gasteiger partial charge in [0.1, 0.15) is 54.6 Å². The van der Waals surface area contributed by atoms with Crippen molar-refractivity contribution in [3.8, 4) is 5.75 Å². The molecule has 396 valence electrons. The number of para-hydroxylation sites is 1. The Balaban J connectivity index is 1.49. The highest BCUT2D eigenvalue weighted by Gasteiger charge is 2.34. The van der Waals surface area contributed by atoms with Crippen LogP contribution in [0, 0.1) is 0 Å². The van der Waals surface area contributed by atoms with Gasteiger partial charge in [-0.25, -0.2) is 0 Å². The Kier molecular flexibility index (Phi) is 21.6. The van der Waals surface area contributed by atoms with E-state index in [1.54, 1.807) is 72.9 Å². The quantitative estimate of drug-likeness (QED) is 0.0283. The van der Waals surface area contributed by atoms with E-state index in [9.17, 15) is 63.0 Å². The van der Waals surface area contributed by atoms with E-state index in [4.69, 9.17) is 16.6 Å². The molecule has 0 spiro atoms. The second-order valence-electron chi connectivity index (χ2n) is 17.4. The lowest BCUT2D eigenvalue weighted by atomic mass is 10.0. The Morgan fingerprint density at radius 1 is 0.527 bits per heavy atom. The molecule has 0 unspecified atom stereocenters. The number of carboxylic acids is 2. The normalized spacial score (nSPS) is 14.2. The number of amides is 9. The van der Waals surface area contributed by atoms with Crippen molar-refractivity contribution in [3.05, 3.63) is 102 Å². The molecule has 0 bridgehead atoms. The molecule has 0 aliphatic heterocycles. The van der Waals surface area contributed by atoms with Gasteiger partial charge in [-0.3, -0.25) is 52.7 Å². The number of hydrogen-bond acceptors (Lipinski definition) is 13. The molecule has 0 saturated heterocycles. The van der Waals surface area contributed by atoms with E-state index in [0.29, 0.717) is 27.6 Å². The molecule has 25 heteroatoms. The zero-order chi connectivity index (χ0) is 54.6. The average Bonchev–Trinajstić information content (AvgIpc) is 3.76. The molecule has 0 radical (unpaired) electrons. The SMILES string of the molecule is C[C@H](NC(=O)[C@H](C)NC(=O)[C@@H](N)Cc1ccc(O)cc1)C(=O)N[C@@H](C)C(=O)N[C@@H](CCC(N)=O)C(=O)N[C@@H](Cc1c[nH]c2ccccc12)C(=O)N[C@@H](CC(=O)O)C(=O)N[C@@H](Cc1ccccc1)C(=O)NCC(=O)O. The minimum absolute atomic E-state index is 0.0291. The number of fused-ring (bicyclic) bond motifs is 1. The lowest BCUT2D eigenvalue weighted by Gasteiger charge is -2.27. The summed E-state index contributed by atoms with van der Waals surface area (Å²) in [4.78, 5) is 146. The van der Waals surface area contributed by atoms with Gasteiger partial charge in [0, 0.05) is 36.4 Å². The summed E-state index contributed by atoms with van der Waals surface area (Å²) in [5, 5.41) is 48.2. The lowest BCUT2D eigenvalue weighted by Crippen LogP contribution is -2.60. The van der Waals surface area contributed by atoms with Gasteiger partial charge in [0.25, 0.3) is 0 Å². The summed E-state index contributed by atoms with van der Waals surface area (Å²) in [6.45, 7) is 3.11. The number of hydrogen-bond donors (Lipinski definition) is 14. The molecule has 4 rings (SSSR count). The smallest absolute Gasteiger partial charge is 0.322 e. The largest absolute Gasteiger partial charge is 0.508 e. The summed E-state index contributed by atoms with van der Waals surface area (Å²) in [6, 6.07) is 9.79. The van der Waals surface area contributed by atoms with Crippen LogP contribution in [0.3, 0.4) is 0 Å². The van der Waals surface area contributed by atoms with Crippen molar-refractivity contribution in [1.82, 2.24) is 47.5 Å². The number of carboxylic acid groups (broad SMARTS) is 2. The van der Waals surface area contributed by atoms with Gasteiger partial charge < -0.3 is 74.3 Å². The van der Waals surface area contributed by atoms with E-state index in [0.717, 1.165) is 0 Å². The topological polar surface area (TPSA) is 413 Å². The summed E-state index contributed by atoms with van der Waals surface area (Å²) < 4.78 is 0. The average molecular weight is 1030 g/mol. The number of aromatic hydroxyl groups is 1. The zero-order valence-electron chi connectivity index (χ0n) is 40.6. The molecular weight excluding hydrogens is 967 g/mol. The number of carbonyl (C=O) groups is 11. The van der Waals surface area contributed by atoms with E-state index in [2.05, 4.69) is 47.5 Å². The van der Waals surface area contributed by atoms with Crippen molar-refractivity contribution in [3.63, 3.8) is 0 Å². The minimum atomic E-state index is -1.88. The summed E-state index contributed by atoms with van der Waals surface area (Å²) in [5.41, 5.74) is 13.7. The van der Waals surface area contributed by atoms with Crippen LogP contribution in [0.15, 0.2) is 85.1 Å². The van der Waals surface area contributed by atoms with Gasteiger partial charge in [0.05, 0.1) is 12.5 Å². The highest BCUT2D eigenvalue weighted by molar-refractivity contribution is 5.99. The van der Waals surface area contributed by atoms with Crippen molar-refractivity contribution in [2.45, 2.75) is 108 Å². The number of aromatic nitrogens is 1. The number of nitrogens with two attached hydrogens (primary N) is 2. The predicted molar refractivity (Wildman–Crippen MR) is 264 cm³/mol. The standard InChI is InChI=1S/C49H61N11O14/c1-25(54-43(68)26(2)56-45(70)33(50)19-29-13-15-31(61)16-14-29)42(67)55-27(3)44(69)57-35(17-18-39(51)62)47(72)59-37(21-30-23-52-34-12-8-7-11-32(30)34)48(73)60-38(22-40(63)64)49(74)58-36(46(71)53-24-41(65)66)20-28-9-5-4-6-10-28/h4-16,23,25-27,33,35-38,52,61H,17-22,24,50H2,1-3H3,(H2,51,62)(H,53,71)(H,54,68)(H,55,67)(H,56,70)(H,57,69)(H,58,74)(H,59,72)(H,60,73)(H,63,64)(H,65,66)/t25-,26-,27-,33-,35-,36-,37-,38-/m0/s1.